The number of carbonyl (C=O) groups is 6. The number of rotatable bonds is 15. The Balaban J connectivity index is 5.42. The zero-order valence-electron chi connectivity index (χ0n) is 17.7. The molecule has 5 amide bonds. The van der Waals surface area contributed by atoms with Gasteiger partial charge in [0.15, 0.2) is 0 Å². The average molecular weight is 479 g/mol. The highest BCUT2D eigenvalue weighted by Crippen LogP contribution is 2.04. The first-order valence-electron chi connectivity index (χ1n) is 9.43. The SMILES string of the molecule is CSCCC(NC(=O)C(CC(N)=O)NC(=O)C(NC(=O)C(N)CC(N)=O)C(C)O)C(=O)O. The van der Waals surface area contributed by atoms with Crippen molar-refractivity contribution < 1.29 is 39.0 Å². The number of hydrogen-bond donors (Lipinski definition) is 8. The molecule has 0 saturated heterocycles. The first-order valence-corrected chi connectivity index (χ1v) is 10.8. The van der Waals surface area contributed by atoms with Crippen LogP contribution in [0.4, 0.5) is 0 Å². The molecule has 5 atom stereocenters. The lowest BCUT2D eigenvalue weighted by molar-refractivity contribution is -0.142. The number of hydrogen-bond acceptors (Lipinski definition) is 9. The molecule has 0 spiro atoms. The molecule has 32 heavy (non-hydrogen) atoms. The van der Waals surface area contributed by atoms with Crippen LogP contribution in [0.25, 0.3) is 0 Å². The molecule has 0 aliphatic rings. The largest absolute Gasteiger partial charge is 0.480 e. The molecule has 182 valence electrons. The molecule has 5 unspecified atom stereocenters. The fourth-order valence-electron chi connectivity index (χ4n) is 2.41. The van der Waals surface area contributed by atoms with Gasteiger partial charge in [-0.2, -0.15) is 11.8 Å². The van der Waals surface area contributed by atoms with Crippen LogP contribution < -0.4 is 33.2 Å². The number of amides is 5. The molecule has 0 aliphatic carbocycles. The lowest BCUT2D eigenvalue weighted by Gasteiger charge is -2.26. The van der Waals surface area contributed by atoms with Gasteiger partial charge < -0.3 is 43.4 Å². The summed E-state index contributed by atoms with van der Waals surface area (Å²) >= 11 is 1.36. The van der Waals surface area contributed by atoms with Gasteiger partial charge in [0, 0.05) is 0 Å². The van der Waals surface area contributed by atoms with Crippen molar-refractivity contribution in [1.29, 1.82) is 0 Å². The van der Waals surface area contributed by atoms with Crippen LogP contribution in [-0.2, 0) is 28.8 Å². The fourth-order valence-corrected chi connectivity index (χ4v) is 2.88. The molecule has 0 bridgehead atoms. The van der Waals surface area contributed by atoms with Crippen molar-refractivity contribution >= 4 is 47.3 Å². The van der Waals surface area contributed by atoms with Gasteiger partial charge in [-0.05, 0) is 25.4 Å². The van der Waals surface area contributed by atoms with Crippen molar-refractivity contribution in [3.63, 3.8) is 0 Å². The Kier molecular flexibility index (Phi) is 12.9. The van der Waals surface area contributed by atoms with E-state index in [1.807, 2.05) is 0 Å². The van der Waals surface area contributed by atoms with E-state index in [4.69, 9.17) is 17.2 Å². The first kappa shape index (κ1) is 29.1. The fraction of sp³-hybridized carbons (Fsp3) is 0.647. The van der Waals surface area contributed by atoms with E-state index in [0.717, 1.165) is 6.92 Å². The van der Waals surface area contributed by atoms with E-state index in [2.05, 4.69) is 16.0 Å². The summed E-state index contributed by atoms with van der Waals surface area (Å²) in [6, 6.07) is -5.86. The van der Waals surface area contributed by atoms with Crippen LogP contribution in [0, 0.1) is 0 Å². The van der Waals surface area contributed by atoms with E-state index >= 15 is 0 Å². The van der Waals surface area contributed by atoms with Crippen LogP contribution in [0.15, 0.2) is 0 Å². The van der Waals surface area contributed by atoms with E-state index in [1.165, 1.54) is 11.8 Å². The van der Waals surface area contributed by atoms with Crippen molar-refractivity contribution in [2.75, 3.05) is 12.0 Å². The Hall–Kier alpha value is -2.91. The number of thioether (sulfide) groups is 1. The van der Waals surface area contributed by atoms with Gasteiger partial charge in [-0.1, -0.05) is 0 Å². The maximum Gasteiger partial charge on any atom is 0.326 e. The second-order valence-corrected chi connectivity index (χ2v) is 7.90. The second kappa shape index (κ2) is 14.2. The number of aliphatic carboxylic acids is 1. The lowest BCUT2D eigenvalue weighted by atomic mass is 10.1. The van der Waals surface area contributed by atoms with Crippen LogP contribution >= 0.6 is 11.8 Å². The third kappa shape index (κ3) is 10.9. The van der Waals surface area contributed by atoms with E-state index in [1.54, 1.807) is 6.26 Å². The standard InChI is InChI=1S/C17H30N6O8S/c1-7(24)13(23-14(27)8(18)5-11(19)25)16(29)22-10(6-12(20)26)15(28)21-9(17(30)31)3-4-32-2/h7-10,13,24H,3-6,18H2,1-2H3,(H2,19,25)(H2,20,26)(H,21,28)(H,22,29)(H,23,27)(H,30,31). The monoisotopic (exact) mass is 478 g/mol. The van der Waals surface area contributed by atoms with Gasteiger partial charge in [0.1, 0.15) is 18.1 Å². The molecule has 0 aliphatic heterocycles. The van der Waals surface area contributed by atoms with Crippen LogP contribution in [0.5, 0.6) is 0 Å². The molecule has 0 rings (SSSR count). The van der Waals surface area contributed by atoms with Gasteiger partial charge in [-0.15, -0.1) is 0 Å². The van der Waals surface area contributed by atoms with E-state index < -0.39 is 78.6 Å². The molecule has 0 aromatic carbocycles. The molecular weight excluding hydrogens is 448 g/mol. The molecule has 0 aromatic heterocycles. The van der Waals surface area contributed by atoms with Gasteiger partial charge in [-0.25, -0.2) is 4.79 Å². The molecule has 0 saturated carbocycles. The van der Waals surface area contributed by atoms with E-state index in [9.17, 15) is 39.0 Å². The molecule has 0 fully saturated rings. The summed E-state index contributed by atoms with van der Waals surface area (Å²) in [6.07, 6.45) is -0.821. The van der Waals surface area contributed by atoms with Crippen LogP contribution in [0.1, 0.15) is 26.2 Å². The number of carboxylic acids is 1. The zero-order chi connectivity index (χ0) is 25.0. The molecule has 0 aromatic rings. The Morgan fingerprint density at radius 3 is 1.84 bits per heavy atom. The van der Waals surface area contributed by atoms with Crippen LogP contribution in [0.2, 0.25) is 0 Å². The molecule has 15 heteroatoms. The van der Waals surface area contributed by atoms with Crippen LogP contribution in [0.3, 0.4) is 0 Å². The highest BCUT2D eigenvalue weighted by molar-refractivity contribution is 7.98. The molecule has 0 heterocycles. The third-order valence-corrected chi connectivity index (χ3v) is 4.73. The van der Waals surface area contributed by atoms with Crippen LogP contribution in [-0.4, -0.2) is 88.0 Å². The van der Waals surface area contributed by atoms with Gasteiger partial charge in [0.2, 0.25) is 29.5 Å². The normalized spacial score (nSPS) is 15.4. The number of carbonyl (C=O) groups excluding carboxylic acids is 5. The smallest absolute Gasteiger partial charge is 0.326 e. The lowest BCUT2D eigenvalue weighted by Crippen LogP contribution is -2.60. The predicted octanol–water partition coefficient (Wildman–Crippen LogP) is -4.26. The molecule has 0 radical (unpaired) electrons. The van der Waals surface area contributed by atoms with Crippen molar-refractivity contribution in [3.05, 3.63) is 0 Å². The molecule has 11 N–H and O–H groups in total. The van der Waals surface area contributed by atoms with Gasteiger partial charge in [0.25, 0.3) is 0 Å². The summed E-state index contributed by atoms with van der Waals surface area (Å²) in [5.41, 5.74) is 15.6. The average Bonchev–Trinajstić information content (AvgIpc) is 2.66. The summed E-state index contributed by atoms with van der Waals surface area (Å²) in [6.45, 7) is 1.16. The minimum Gasteiger partial charge on any atom is -0.480 e. The van der Waals surface area contributed by atoms with E-state index in [-0.39, 0.29) is 6.42 Å². The van der Waals surface area contributed by atoms with Crippen molar-refractivity contribution in [2.45, 2.75) is 56.5 Å². The third-order valence-electron chi connectivity index (χ3n) is 4.08. The number of aliphatic hydroxyl groups is 1. The Morgan fingerprint density at radius 2 is 1.41 bits per heavy atom. The highest BCUT2D eigenvalue weighted by atomic mass is 32.2. The van der Waals surface area contributed by atoms with E-state index in [0.29, 0.717) is 5.75 Å². The van der Waals surface area contributed by atoms with Crippen molar-refractivity contribution in [1.82, 2.24) is 16.0 Å². The number of carboxylic acid groups (broad SMARTS) is 1. The van der Waals surface area contributed by atoms with Crippen molar-refractivity contribution in [2.24, 2.45) is 17.2 Å². The summed E-state index contributed by atoms with van der Waals surface area (Å²) in [7, 11) is 0. The maximum absolute atomic E-state index is 12.6. The minimum absolute atomic E-state index is 0.0869. The van der Waals surface area contributed by atoms with Gasteiger partial charge in [0.05, 0.1) is 25.0 Å². The van der Waals surface area contributed by atoms with Gasteiger partial charge in [-0.3, -0.25) is 24.0 Å². The Labute approximate surface area is 188 Å². The highest BCUT2D eigenvalue weighted by Gasteiger charge is 2.33. The van der Waals surface area contributed by atoms with Crippen molar-refractivity contribution in [3.8, 4) is 0 Å². The summed E-state index contributed by atoms with van der Waals surface area (Å²) in [4.78, 5) is 70.7. The Bertz CT molecular complexity index is 719. The summed E-state index contributed by atoms with van der Waals surface area (Å²) in [5, 5.41) is 25.6. The summed E-state index contributed by atoms with van der Waals surface area (Å²) < 4.78 is 0. The Morgan fingerprint density at radius 1 is 0.875 bits per heavy atom. The van der Waals surface area contributed by atoms with Gasteiger partial charge >= 0.3 is 5.97 Å². The number of primary amides is 2. The number of nitrogens with one attached hydrogen (secondary N) is 3. The minimum atomic E-state index is -1.61. The summed E-state index contributed by atoms with van der Waals surface area (Å²) in [5.74, 6) is -5.76. The maximum atomic E-state index is 12.6. The quantitative estimate of drug-likeness (QED) is 0.112. The topological polar surface area (TPSA) is 257 Å². The zero-order valence-corrected chi connectivity index (χ0v) is 18.5. The number of aliphatic hydroxyl groups excluding tert-OH is 1. The first-order chi connectivity index (χ1) is 14.8. The molecular formula is C17H30N6O8S. The predicted molar refractivity (Wildman–Crippen MR) is 114 cm³/mol. The second-order valence-electron chi connectivity index (χ2n) is 6.92. The number of nitrogens with two attached hydrogens (primary N) is 3. The molecule has 14 nitrogen and oxygen atoms in total.